The molecule has 1 aliphatic rings. The van der Waals surface area contributed by atoms with E-state index in [2.05, 4.69) is 0 Å². The highest BCUT2D eigenvalue weighted by molar-refractivity contribution is 6.01. The van der Waals surface area contributed by atoms with E-state index in [1.807, 2.05) is 0 Å². The van der Waals surface area contributed by atoms with Crippen LogP contribution in [0.4, 0.5) is 0 Å². The molecule has 4 aromatic rings. The second-order valence-corrected chi connectivity index (χ2v) is 10.2. The third-order valence-electron chi connectivity index (χ3n) is 7.00. The Labute approximate surface area is 232 Å². The number of hydrogen-bond donors (Lipinski definition) is 4. The Hall–Kier alpha value is -3.72. The topological polar surface area (TPSA) is 191 Å². The molecule has 1 aliphatic heterocycles. The summed E-state index contributed by atoms with van der Waals surface area (Å²) in [5.74, 6) is 0.226. The van der Waals surface area contributed by atoms with Gasteiger partial charge in [0.15, 0.2) is 0 Å². The van der Waals surface area contributed by atoms with E-state index in [4.69, 9.17) is 32.2 Å². The molecule has 41 heavy (non-hydrogen) atoms. The van der Waals surface area contributed by atoms with Crippen molar-refractivity contribution in [3.8, 4) is 11.5 Å². The second kappa shape index (κ2) is 11.3. The average molecular weight is 575 g/mol. The largest absolute Gasteiger partial charge is 0.489 e. The van der Waals surface area contributed by atoms with Crippen molar-refractivity contribution in [1.82, 2.24) is 0 Å². The summed E-state index contributed by atoms with van der Waals surface area (Å²) in [6.45, 7) is 3.56. The van der Waals surface area contributed by atoms with Gasteiger partial charge in [-0.1, -0.05) is 0 Å². The summed E-state index contributed by atoms with van der Waals surface area (Å²) in [7, 11) is 0. The van der Waals surface area contributed by atoms with E-state index in [1.54, 1.807) is 12.1 Å². The zero-order chi connectivity index (χ0) is 29.5. The number of hydrogen-bond acceptors (Lipinski definition) is 13. The Morgan fingerprint density at radius 2 is 1.71 bits per heavy atom. The summed E-state index contributed by atoms with van der Waals surface area (Å²) in [5.41, 5.74) is -1.90. The standard InChI is InChI=1S/C28H30O13/c1-13-24(16(30)7-9-35-13)40-27-26(23(34)22(33)19(11-29)39-27)41-28(2,3)20(31)12-37-25-14-4-5-21(32)38-18(14)10-17-15(25)6-8-36-17/h4-10,19-20,22-23,26-27,29,31,33-34H,11-12H2,1-3H3. The molecule has 0 aliphatic carbocycles. The molecule has 6 unspecified atom stereocenters. The van der Waals surface area contributed by atoms with Gasteiger partial charge in [-0.15, -0.1) is 0 Å². The van der Waals surface area contributed by atoms with Gasteiger partial charge in [0.1, 0.15) is 59.8 Å². The van der Waals surface area contributed by atoms with E-state index in [-0.39, 0.29) is 23.7 Å². The average Bonchev–Trinajstić information content (AvgIpc) is 3.40. The van der Waals surface area contributed by atoms with E-state index in [9.17, 15) is 30.0 Å². The molecule has 0 radical (unpaired) electrons. The normalized spacial score (nSPS) is 24.0. The van der Waals surface area contributed by atoms with Crippen molar-refractivity contribution >= 4 is 21.9 Å². The Kier molecular flexibility index (Phi) is 7.92. The number of fused-ring (bicyclic) bond motifs is 2. The summed E-state index contributed by atoms with van der Waals surface area (Å²) < 4.78 is 39.4. The lowest BCUT2D eigenvalue weighted by Crippen LogP contribution is -2.63. The molecule has 0 bridgehead atoms. The zero-order valence-electron chi connectivity index (χ0n) is 22.4. The Morgan fingerprint density at radius 3 is 2.44 bits per heavy atom. The molecule has 0 saturated carbocycles. The van der Waals surface area contributed by atoms with Crippen LogP contribution in [0.1, 0.15) is 19.6 Å². The summed E-state index contributed by atoms with van der Waals surface area (Å²) in [6.07, 6.45) is -6.05. The van der Waals surface area contributed by atoms with Crippen molar-refractivity contribution in [1.29, 1.82) is 0 Å². The van der Waals surface area contributed by atoms with Gasteiger partial charge in [0, 0.05) is 18.2 Å². The first-order chi connectivity index (χ1) is 19.5. The first-order valence-electron chi connectivity index (χ1n) is 12.8. The molecule has 13 nitrogen and oxygen atoms in total. The van der Waals surface area contributed by atoms with Crippen molar-refractivity contribution in [2.24, 2.45) is 0 Å². The highest BCUT2D eigenvalue weighted by atomic mass is 16.7. The fourth-order valence-corrected chi connectivity index (χ4v) is 4.59. The Bertz CT molecular complexity index is 1630. The minimum Gasteiger partial charge on any atom is -0.489 e. The van der Waals surface area contributed by atoms with Gasteiger partial charge in [0.2, 0.25) is 17.5 Å². The van der Waals surface area contributed by atoms with Crippen LogP contribution in [0.25, 0.3) is 21.9 Å². The van der Waals surface area contributed by atoms with Crippen LogP contribution in [0.2, 0.25) is 0 Å². The molecule has 220 valence electrons. The van der Waals surface area contributed by atoms with Crippen LogP contribution in [0.5, 0.6) is 11.5 Å². The molecule has 0 spiro atoms. The predicted octanol–water partition coefficient (Wildman–Crippen LogP) is 1.22. The molecule has 1 saturated heterocycles. The van der Waals surface area contributed by atoms with Crippen LogP contribution >= 0.6 is 0 Å². The summed E-state index contributed by atoms with van der Waals surface area (Å²) in [5, 5.41) is 43.3. The number of furan rings is 1. The maximum atomic E-state index is 12.4. The maximum absolute atomic E-state index is 12.4. The first-order valence-corrected chi connectivity index (χ1v) is 12.8. The van der Waals surface area contributed by atoms with Gasteiger partial charge in [-0.3, -0.25) is 4.79 Å². The van der Waals surface area contributed by atoms with Crippen molar-refractivity contribution < 1.29 is 52.6 Å². The third-order valence-corrected chi connectivity index (χ3v) is 7.00. The Morgan fingerprint density at radius 1 is 0.976 bits per heavy atom. The van der Waals surface area contributed by atoms with Gasteiger partial charge in [0.05, 0.1) is 35.5 Å². The monoisotopic (exact) mass is 574 g/mol. The highest BCUT2D eigenvalue weighted by Gasteiger charge is 2.49. The zero-order valence-corrected chi connectivity index (χ0v) is 22.4. The third kappa shape index (κ3) is 5.60. The summed E-state index contributed by atoms with van der Waals surface area (Å²) >= 11 is 0. The molecule has 1 fully saturated rings. The summed E-state index contributed by atoms with van der Waals surface area (Å²) in [4.78, 5) is 24.1. The van der Waals surface area contributed by atoms with Crippen LogP contribution in [0.15, 0.2) is 65.7 Å². The van der Waals surface area contributed by atoms with E-state index < -0.39 is 60.1 Å². The van der Waals surface area contributed by atoms with Crippen LogP contribution in [-0.4, -0.2) is 76.1 Å². The number of benzene rings is 1. The lowest BCUT2D eigenvalue weighted by Gasteiger charge is -2.45. The van der Waals surface area contributed by atoms with Crippen molar-refractivity contribution in [2.75, 3.05) is 13.2 Å². The number of aliphatic hydroxyl groups is 4. The molecule has 3 aromatic heterocycles. The number of aryl methyl sites for hydroxylation is 1. The van der Waals surface area contributed by atoms with Crippen LogP contribution in [0, 0.1) is 6.92 Å². The van der Waals surface area contributed by atoms with Crippen molar-refractivity contribution in [2.45, 2.75) is 63.2 Å². The number of ether oxygens (including phenoxy) is 4. The molecular weight excluding hydrogens is 544 g/mol. The van der Waals surface area contributed by atoms with Crippen molar-refractivity contribution in [3.63, 3.8) is 0 Å². The lowest BCUT2D eigenvalue weighted by molar-refractivity contribution is -0.312. The molecule has 1 aromatic carbocycles. The number of aliphatic hydroxyl groups excluding tert-OH is 4. The minimum absolute atomic E-state index is 0.130. The van der Waals surface area contributed by atoms with Gasteiger partial charge >= 0.3 is 5.63 Å². The predicted molar refractivity (Wildman–Crippen MR) is 141 cm³/mol. The highest BCUT2D eigenvalue weighted by Crippen LogP contribution is 2.36. The molecular formula is C28H30O13. The lowest BCUT2D eigenvalue weighted by atomic mass is 9.96. The minimum atomic E-state index is -1.64. The SMILES string of the molecule is Cc1occc(=O)c1OC1OC(CO)C(O)C(O)C1OC(C)(C)C(O)COc1c2ccoc2cc2oc(=O)ccc12. The molecule has 4 N–H and O–H groups in total. The molecule has 5 rings (SSSR count). The van der Waals surface area contributed by atoms with Gasteiger partial charge in [-0.05, 0) is 32.9 Å². The smallest absolute Gasteiger partial charge is 0.336 e. The van der Waals surface area contributed by atoms with Crippen LogP contribution < -0.4 is 20.5 Å². The summed E-state index contributed by atoms with van der Waals surface area (Å²) in [6, 6.07) is 7.15. The van der Waals surface area contributed by atoms with Crippen molar-refractivity contribution in [3.05, 3.63) is 69.3 Å². The molecule has 6 atom stereocenters. The quantitative estimate of drug-likeness (QED) is 0.209. The fraction of sp³-hybridized carbons (Fsp3) is 0.429. The first kappa shape index (κ1) is 28.8. The van der Waals surface area contributed by atoms with E-state index >= 15 is 0 Å². The van der Waals surface area contributed by atoms with Crippen LogP contribution in [-0.2, 0) is 9.47 Å². The van der Waals surface area contributed by atoms with Gasteiger partial charge in [0.25, 0.3) is 0 Å². The van der Waals surface area contributed by atoms with Gasteiger partial charge < -0.3 is 52.6 Å². The van der Waals surface area contributed by atoms with Crippen LogP contribution in [0.3, 0.4) is 0 Å². The van der Waals surface area contributed by atoms with E-state index in [0.717, 1.165) is 6.07 Å². The Balaban J connectivity index is 1.38. The van der Waals surface area contributed by atoms with E-state index in [0.29, 0.717) is 22.1 Å². The fourth-order valence-electron chi connectivity index (χ4n) is 4.59. The van der Waals surface area contributed by atoms with E-state index in [1.165, 1.54) is 45.4 Å². The molecule has 0 amide bonds. The van der Waals surface area contributed by atoms with Gasteiger partial charge in [-0.25, -0.2) is 4.79 Å². The maximum Gasteiger partial charge on any atom is 0.336 e. The van der Waals surface area contributed by atoms with Gasteiger partial charge in [-0.2, -0.15) is 0 Å². The number of rotatable bonds is 9. The molecule has 13 heteroatoms. The second-order valence-electron chi connectivity index (χ2n) is 10.2. The molecule has 4 heterocycles.